The number of halogens is 2. The van der Waals surface area contributed by atoms with E-state index in [4.69, 9.17) is 0 Å². The van der Waals surface area contributed by atoms with Crippen LogP contribution in [0.3, 0.4) is 0 Å². The Bertz CT molecular complexity index is 695. The van der Waals surface area contributed by atoms with E-state index in [9.17, 15) is 22.0 Å². The van der Waals surface area contributed by atoms with Crippen LogP contribution in [0.25, 0.3) is 0 Å². The number of carbonyl (C=O) groups excluding carboxylic acids is 1. The molecule has 5 nitrogen and oxygen atoms in total. The van der Waals surface area contributed by atoms with Gasteiger partial charge in [0.15, 0.2) is 9.84 Å². The second-order valence-corrected chi connectivity index (χ2v) is 8.21. The number of piperazine rings is 1. The van der Waals surface area contributed by atoms with Crippen LogP contribution in [0.15, 0.2) is 18.2 Å². The predicted molar refractivity (Wildman–Crippen MR) is 80.9 cm³/mol. The van der Waals surface area contributed by atoms with E-state index in [1.54, 1.807) is 0 Å². The van der Waals surface area contributed by atoms with E-state index in [-0.39, 0.29) is 17.5 Å². The minimum atomic E-state index is -2.95. The molecule has 0 aliphatic carbocycles. The van der Waals surface area contributed by atoms with Gasteiger partial charge >= 0.3 is 0 Å². The molecule has 2 aliphatic rings. The standard InChI is InChI=1S/C15H18F2N2O3S/c16-12-2-1-3-13(17)14(12)15(20)19-7-5-18(6-8-19)11-4-9-23(21,22)10-11/h1-3,11H,4-10H2. The van der Waals surface area contributed by atoms with Crippen molar-refractivity contribution in [3.05, 3.63) is 35.4 Å². The largest absolute Gasteiger partial charge is 0.336 e. The van der Waals surface area contributed by atoms with Crippen LogP contribution in [-0.2, 0) is 9.84 Å². The average Bonchev–Trinajstić information content (AvgIpc) is 2.87. The molecule has 0 radical (unpaired) electrons. The number of carbonyl (C=O) groups is 1. The quantitative estimate of drug-likeness (QED) is 0.800. The third-order valence-corrected chi connectivity index (χ3v) is 6.25. The Morgan fingerprint density at radius 3 is 2.22 bits per heavy atom. The molecule has 2 aliphatic heterocycles. The van der Waals surface area contributed by atoms with E-state index in [0.717, 1.165) is 12.1 Å². The Morgan fingerprint density at radius 2 is 1.70 bits per heavy atom. The first-order valence-electron chi connectivity index (χ1n) is 7.55. The molecule has 126 valence electrons. The van der Waals surface area contributed by atoms with Crippen molar-refractivity contribution in [3.8, 4) is 0 Å². The van der Waals surface area contributed by atoms with Crippen LogP contribution >= 0.6 is 0 Å². The highest BCUT2D eigenvalue weighted by atomic mass is 32.2. The number of hydrogen-bond acceptors (Lipinski definition) is 4. The molecule has 0 saturated carbocycles. The van der Waals surface area contributed by atoms with Crippen molar-refractivity contribution in [2.75, 3.05) is 37.7 Å². The van der Waals surface area contributed by atoms with Crippen LogP contribution in [0.4, 0.5) is 8.78 Å². The Labute approximate surface area is 133 Å². The van der Waals surface area contributed by atoms with Crippen molar-refractivity contribution < 1.29 is 22.0 Å². The molecule has 3 rings (SSSR count). The molecule has 1 unspecified atom stereocenters. The maximum absolute atomic E-state index is 13.7. The Kier molecular flexibility index (Phi) is 4.37. The molecule has 2 heterocycles. The summed E-state index contributed by atoms with van der Waals surface area (Å²) < 4.78 is 50.5. The van der Waals surface area contributed by atoms with Crippen LogP contribution in [0, 0.1) is 11.6 Å². The molecule has 1 aromatic rings. The van der Waals surface area contributed by atoms with Crippen molar-refractivity contribution in [2.24, 2.45) is 0 Å². The number of benzene rings is 1. The minimum Gasteiger partial charge on any atom is -0.336 e. The van der Waals surface area contributed by atoms with Crippen LogP contribution < -0.4 is 0 Å². The molecular formula is C15H18F2N2O3S. The molecule has 0 aromatic heterocycles. The van der Waals surface area contributed by atoms with Gasteiger partial charge in [-0.2, -0.15) is 0 Å². The molecule has 1 amide bonds. The van der Waals surface area contributed by atoms with Crippen molar-refractivity contribution in [1.82, 2.24) is 9.80 Å². The number of sulfone groups is 1. The lowest BCUT2D eigenvalue weighted by Crippen LogP contribution is -2.52. The summed E-state index contributed by atoms with van der Waals surface area (Å²) in [5.74, 6) is -2.02. The van der Waals surface area contributed by atoms with Gasteiger partial charge in [-0.3, -0.25) is 9.69 Å². The lowest BCUT2D eigenvalue weighted by molar-refractivity contribution is 0.0579. The fraction of sp³-hybridized carbons (Fsp3) is 0.533. The van der Waals surface area contributed by atoms with Crippen molar-refractivity contribution in [3.63, 3.8) is 0 Å². The maximum Gasteiger partial charge on any atom is 0.259 e. The Balaban J connectivity index is 1.64. The smallest absolute Gasteiger partial charge is 0.259 e. The topological polar surface area (TPSA) is 57.7 Å². The Morgan fingerprint density at radius 1 is 1.09 bits per heavy atom. The monoisotopic (exact) mass is 344 g/mol. The van der Waals surface area contributed by atoms with E-state index in [1.807, 2.05) is 4.90 Å². The van der Waals surface area contributed by atoms with Gasteiger partial charge in [0.1, 0.15) is 17.2 Å². The van der Waals surface area contributed by atoms with Crippen LogP contribution in [0.2, 0.25) is 0 Å². The SMILES string of the molecule is O=C(c1c(F)cccc1F)N1CCN(C2CCS(=O)(=O)C2)CC1. The van der Waals surface area contributed by atoms with Crippen molar-refractivity contribution in [2.45, 2.75) is 12.5 Å². The first kappa shape index (κ1) is 16.3. The molecule has 2 fully saturated rings. The summed E-state index contributed by atoms with van der Waals surface area (Å²) in [5, 5.41) is 0. The summed E-state index contributed by atoms with van der Waals surface area (Å²) in [6, 6.07) is 3.34. The van der Waals surface area contributed by atoms with Gasteiger partial charge in [0.05, 0.1) is 11.5 Å². The third-order valence-electron chi connectivity index (χ3n) is 4.50. The molecule has 0 N–H and O–H groups in total. The van der Waals surface area contributed by atoms with Gasteiger partial charge in [-0.15, -0.1) is 0 Å². The highest BCUT2D eigenvalue weighted by Gasteiger charge is 2.35. The lowest BCUT2D eigenvalue weighted by Gasteiger charge is -2.37. The predicted octanol–water partition coefficient (Wildman–Crippen LogP) is 0.910. The maximum atomic E-state index is 13.7. The van der Waals surface area contributed by atoms with Crippen LogP contribution in [0.5, 0.6) is 0 Å². The van der Waals surface area contributed by atoms with Gasteiger partial charge in [0.25, 0.3) is 5.91 Å². The van der Waals surface area contributed by atoms with Crippen molar-refractivity contribution in [1.29, 1.82) is 0 Å². The van der Waals surface area contributed by atoms with E-state index < -0.39 is 32.9 Å². The molecule has 1 aromatic carbocycles. The van der Waals surface area contributed by atoms with Crippen LogP contribution in [-0.4, -0.2) is 67.9 Å². The molecule has 0 spiro atoms. The number of amides is 1. The van der Waals surface area contributed by atoms with Crippen molar-refractivity contribution >= 4 is 15.7 Å². The van der Waals surface area contributed by atoms with Gasteiger partial charge in [-0.1, -0.05) is 6.07 Å². The van der Waals surface area contributed by atoms with Gasteiger partial charge < -0.3 is 4.90 Å². The Hall–Kier alpha value is -1.54. The zero-order valence-corrected chi connectivity index (χ0v) is 13.4. The zero-order valence-electron chi connectivity index (χ0n) is 12.5. The summed E-state index contributed by atoms with van der Waals surface area (Å²) in [6.07, 6.45) is 0.609. The van der Waals surface area contributed by atoms with E-state index in [2.05, 4.69) is 0 Å². The fourth-order valence-corrected chi connectivity index (χ4v) is 4.98. The summed E-state index contributed by atoms with van der Waals surface area (Å²) in [5.41, 5.74) is -0.524. The summed E-state index contributed by atoms with van der Waals surface area (Å²) in [7, 11) is -2.95. The van der Waals surface area contributed by atoms with Gasteiger partial charge in [-0.05, 0) is 18.6 Å². The second-order valence-electron chi connectivity index (χ2n) is 5.98. The first-order chi connectivity index (χ1) is 10.9. The molecular weight excluding hydrogens is 326 g/mol. The lowest BCUT2D eigenvalue weighted by atomic mass is 10.1. The van der Waals surface area contributed by atoms with E-state index >= 15 is 0 Å². The number of nitrogens with zero attached hydrogens (tertiary/aromatic N) is 2. The van der Waals surface area contributed by atoms with E-state index in [1.165, 1.54) is 11.0 Å². The molecule has 2 saturated heterocycles. The summed E-state index contributed by atoms with van der Waals surface area (Å²) in [6.45, 7) is 1.70. The zero-order chi connectivity index (χ0) is 16.6. The van der Waals surface area contributed by atoms with Gasteiger partial charge in [-0.25, -0.2) is 17.2 Å². The molecule has 0 bridgehead atoms. The fourth-order valence-electron chi connectivity index (χ4n) is 3.21. The molecule has 8 heteroatoms. The average molecular weight is 344 g/mol. The highest BCUT2D eigenvalue weighted by Crippen LogP contribution is 2.21. The van der Waals surface area contributed by atoms with Gasteiger partial charge in [0.2, 0.25) is 0 Å². The molecule has 23 heavy (non-hydrogen) atoms. The number of rotatable bonds is 2. The summed E-state index contributed by atoms with van der Waals surface area (Å²) in [4.78, 5) is 15.8. The van der Waals surface area contributed by atoms with Gasteiger partial charge in [0, 0.05) is 32.2 Å². The normalized spacial score (nSPS) is 24.8. The minimum absolute atomic E-state index is 0.0116. The first-order valence-corrected chi connectivity index (χ1v) is 9.37. The highest BCUT2D eigenvalue weighted by molar-refractivity contribution is 7.91. The molecule has 1 atom stereocenters. The second kappa shape index (κ2) is 6.16. The van der Waals surface area contributed by atoms with E-state index in [0.29, 0.717) is 32.6 Å². The number of hydrogen-bond donors (Lipinski definition) is 0. The van der Waals surface area contributed by atoms with Crippen LogP contribution in [0.1, 0.15) is 16.8 Å². The third kappa shape index (κ3) is 3.37. The summed E-state index contributed by atoms with van der Waals surface area (Å²) >= 11 is 0.